The lowest BCUT2D eigenvalue weighted by Crippen LogP contribution is -2.61. The van der Waals surface area contributed by atoms with Gasteiger partial charge >= 0.3 is 17.4 Å². The number of hydrogen-bond acceptors (Lipinski definition) is 5. The summed E-state index contributed by atoms with van der Waals surface area (Å²) < 4.78 is 1.61. The number of aromatic nitrogens is 4. The van der Waals surface area contributed by atoms with Gasteiger partial charge in [-0.25, -0.2) is 4.90 Å². The zero-order valence-corrected chi connectivity index (χ0v) is 16.7. The van der Waals surface area contributed by atoms with E-state index in [1.165, 1.54) is 11.8 Å². The second-order valence-corrected chi connectivity index (χ2v) is 7.42. The maximum atomic E-state index is 13.1. The number of carbonyl (C=O) groups excluding carboxylic acids is 1. The van der Waals surface area contributed by atoms with Crippen molar-refractivity contribution in [1.29, 1.82) is 0 Å². The van der Waals surface area contributed by atoms with Gasteiger partial charge in [0.2, 0.25) is 11.1 Å². The molecule has 1 aliphatic heterocycles. The predicted octanol–water partition coefficient (Wildman–Crippen LogP) is 2.70. The summed E-state index contributed by atoms with van der Waals surface area (Å²) in [5.74, 6) is 0.527. The van der Waals surface area contributed by atoms with E-state index >= 15 is 0 Å². The molecule has 0 fully saturated rings. The fraction of sp³-hybridized carbons (Fsp3) is 0.190. The van der Waals surface area contributed by atoms with Gasteiger partial charge in [-0.15, -0.1) is 6.58 Å². The molecule has 0 saturated heterocycles. The van der Waals surface area contributed by atoms with Gasteiger partial charge in [0.05, 0.1) is 11.3 Å². The van der Waals surface area contributed by atoms with Gasteiger partial charge in [-0.3, -0.25) is 19.6 Å². The zero-order valence-electron chi connectivity index (χ0n) is 15.9. The average Bonchev–Trinajstić information content (AvgIpc) is 2.76. The van der Waals surface area contributed by atoms with Crippen molar-refractivity contribution in [3.05, 3.63) is 77.4 Å². The van der Waals surface area contributed by atoms with E-state index in [9.17, 15) is 9.59 Å². The lowest BCUT2D eigenvalue weighted by atomic mass is 10.0. The number of carbonyl (C=O) groups is 1. The van der Waals surface area contributed by atoms with Crippen molar-refractivity contribution in [3.63, 3.8) is 0 Å². The Kier molecular flexibility index (Phi) is 5.26. The predicted molar refractivity (Wildman–Crippen MR) is 112 cm³/mol. The van der Waals surface area contributed by atoms with E-state index in [1.54, 1.807) is 21.9 Å². The Morgan fingerprint density at radius 1 is 1.31 bits per heavy atom. The number of anilines is 1. The number of hydrogen-bond donors (Lipinski definition) is 1. The molecule has 3 aromatic rings. The van der Waals surface area contributed by atoms with Gasteiger partial charge in [0.25, 0.3) is 0 Å². The Morgan fingerprint density at radius 3 is 2.83 bits per heavy atom. The van der Waals surface area contributed by atoms with Crippen LogP contribution in [0.15, 0.2) is 71.3 Å². The van der Waals surface area contributed by atoms with E-state index < -0.39 is 6.17 Å². The number of benzene rings is 1. The van der Waals surface area contributed by atoms with Crippen molar-refractivity contribution < 1.29 is 9.48 Å². The Labute approximate surface area is 172 Å². The number of thioether (sulfide) groups is 1. The third-order valence-corrected chi connectivity index (χ3v) is 5.48. The Balaban J connectivity index is 2.03. The van der Waals surface area contributed by atoms with E-state index in [0.29, 0.717) is 40.0 Å². The van der Waals surface area contributed by atoms with Crippen molar-refractivity contribution >= 4 is 23.4 Å². The summed E-state index contributed by atoms with van der Waals surface area (Å²) in [4.78, 5) is 35.1. The molecule has 146 valence electrons. The van der Waals surface area contributed by atoms with Crippen LogP contribution in [0.5, 0.6) is 0 Å². The van der Waals surface area contributed by atoms with Gasteiger partial charge in [0.1, 0.15) is 5.69 Å². The highest BCUT2D eigenvalue weighted by Gasteiger charge is 2.45. The van der Waals surface area contributed by atoms with Gasteiger partial charge in [-0.05, 0) is 28.9 Å². The van der Waals surface area contributed by atoms with Crippen molar-refractivity contribution in [2.75, 3.05) is 10.7 Å². The molecule has 1 aromatic carbocycles. The number of para-hydroxylation sites is 1. The molecular weight excluding hydrogens is 386 g/mol. The van der Waals surface area contributed by atoms with Gasteiger partial charge in [0, 0.05) is 23.5 Å². The Bertz CT molecular complexity index is 1130. The number of pyridine rings is 1. The van der Waals surface area contributed by atoms with E-state index in [2.05, 4.69) is 21.6 Å². The number of fused-ring (bicyclic) bond motifs is 3. The highest BCUT2D eigenvalue weighted by atomic mass is 32.2. The van der Waals surface area contributed by atoms with Gasteiger partial charge in [0.15, 0.2) is 0 Å². The standard InChI is InChI=1S/C21H19N5O2S/c1-3-13-29-21-23-19(28)18-14-9-5-6-11-16(14)25(17(27)4-2)20(26(18)24-21)15-10-7-8-12-22-15/h3,5-12,20H,1,4,13H2,2H3/p+1. The van der Waals surface area contributed by atoms with Crippen LogP contribution in [0.25, 0.3) is 11.3 Å². The summed E-state index contributed by atoms with van der Waals surface area (Å²) in [6, 6.07) is 12.9. The number of amides is 1. The molecule has 0 saturated carbocycles. The van der Waals surface area contributed by atoms with Crippen LogP contribution < -0.4 is 15.1 Å². The maximum Gasteiger partial charge on any atom is 0.325 e. The van der Waals surface area contributed by atoms with Gasteiger partial charge in [-0.2, -0.15) is 0 Å². The lowest BCUT2D eigenvalue weighted by molar-refractivity contribution is -0.763. The summed E-state index contributed by atoms with van der Waals surface area (Å²) in [6.07, 6.45) is 3.08. The molecule has 1 amide bonds. The fourth-order valence-corrected chi connectivity index (χ4v) is 4.00. The molecule has 29 heavy (non-hydrogen) atoms. The molecule has 1 aliphatic rings. The van der Waals surface area contributed by atoms with Crippen LogP contribution in [-0.2, 0) is 4.79 Å². The van der Waals surface area contributed by atoms with E-state index in [1.807, 2.05) is 49.4 Å². The summed E-state index contributed by atoms with van der Waals surface area (Å²) in [6.45, 7) is 5.53. The molecule has 7 nitrogen and oxygen atoms in total. The molecule has 0 aliphatic carbocycles. The summed E-state index contributed by atoms with van der Waals surface area (Å²) in [7, 11) is 0. The van der Waals surface area contributed by atoms with Crippen molar-refractivity contribution in [1.82, 2.24) is 15.1 Å². The molecule has 0 spiro atoms. The lowest BCUT2D eigenvalue weighted by Gasteiger charge is -2.31. The largest absolute Gasteiger partial charge is 0.325 e. The number of H-pyrrole nitrogens is 1. The molecule has 3 heterocycles. The van der Waals surface area contributed by atoms with E-state index in [4.69, 9.17) is 0 Å². The molecule has 1 N–H and O–H groups in total. The van der Waals surface area contributed by atoms with E-state index in [0.717, 1.165) is 0 Å². The number of rotatable bonds is 5. The zero-order chi connectivity index (χ0) is 20.4. The van der Waals surface area contributed by atoms with Crippen LogP contribution in [0, 0.1) is 0 Å². The summed E-state index contributed by atoms with van der Waals surface area (Å²) >= 11 is 1.37. The van der Waals surface area contributed by atoms with Crippen LogP contribution in [0.4, 0.5) is 5.69 Å². The smallest absolute Gasteiger partial charge is 0.291 e. The van der Waals surface area contributed by atoms with Crippen LogP contribution in [0.3, 0.4) is 0 Å². The Morgan fingerprint density at radius 2 is 2.10 bits per heavy atom. The first kappa shape index (κ1) is 19.1. The van der Waals surface area contributed by atoms with Crippen molar-refractivity contribution in [2.45, 2.75) is 24.7 Å². The number of nitrogens with one attached hydrogen (secondary N) is 1. The fourth-order valence-electron chi connectivity index (χ4n) is 3.41. The third kappa shape index (κ3) is 3.36. The molecular formula is C21H20N5O2S+. The van der Waals surface area contributed by atoms with Gasteiger partial charge < -0.3 is 0 Å². The molecule has 4 rings (SSSR count). The van der Waals surface area contributed by atoms with Gasteiger partial charge in [-0.1, -0.05) is 43.0 Å². The third-order valence-electron chi connectivity index (χ3n) is 4.62. The second kappa shape index (κ2) is 8.00. The average molecular weight is 406 g/mol. The first-order valence-corrected chi connectivity index (χ1v) is 10.3. The quantitative estimate of drug-likeness (QED) is 0.400. The summed E-state index contributed by atoms with van der Waals surface area (Å²) in [5, 5.41) is 5.14. The molecule has 2 aromatic heterocycles. The summed E-state index contributed by atoms with van der Waals surface area (Å²) in [5.41, 5.74) is 2.11. The van der Waals surface area contributed by atoms with E-state index in [-0.39, 0.29) is 11.5 Å². The minimum atomic E-state index is -0.654. The highest BCUT2D eigenvalue weighted by Crippen LogP contribution is 2.37. The molecule has 0 radical (unpaired) electrons. The van der Waals surface area contributed by atoms with Crippen LogP contribution in [0.2, 0.25) is 0 Å². The SMILES string of the molecule is C=CCSc1n[n+]2c(c(=O)[nH]1)-c1ccccc1N(C(=O)CC)C2c1ccccn1. The molecule has 8 heteroatoms. The highest BCUT2D eigenvalue weighted by molar-refractivity contribution is 7.99. The first-order valence-electron chi connectivity index (χ1n) is 9.28. The first-order chi connectivity index (χ1) is 14.2. The topological polar surface area (TPSA) is 82.8 Å². The van der Waals surface area contributed by atoms with Crippen molar-refractivity contribution in [2.24, 2.45) is 0 Å². The Hall–Kier alpha value is -3.26. The van der Waals surface area contributed by atoms with Crippen LogP contribution in [-0.4, -0.2) is 26.7 Å². The molecule has 0 bridgehead atoms. The maximum absolute atomic E-state index is 13.1. The van der Waals surface area contributed by atoms with Crippen LogP contribution in [0.1, 0.15) is 25.2 Å². The molecule has 1 unspecified atom stereocenters. The minimum Gasteiger partial charge on any atom is -0.291 e. The minimum absolute atomic E-state index is 0.0753. The van der Waals surface area contributed by atoms with Crippen LogP contribution >= 0.6 is 11.8 Å². The van der Waals surface area contributed by atoms with Crippen molar-refractivity contribution in [3.8, 4) is 11.3 Å². The number of nitrogens with zero attached hydrogens (tertiary/aromatic N) is 4. The molecule has 1 atom stereocenters. The number of aromatic amines is 1. The normalized spacial score (nSPS) is 14.8. The monoisotopic (exact) mass is 406 g/mol. The second-order valence-electron chi connectivity index (χ2n) is 6.41.